The van der Waals surface area contributed by atoms with Gasteiger partial charge in [-0.2, -0.15) is 0 Å². The number of hydrogen-bond donors (Lipinski definition) is 0. The Morgan fingerprint density at radius 2 is 1.75 bits per heavy atom. The van der Waals surface area contributed by atoms with Crippen molar-refractivity contribution in [2.75, 3.05) is 6.26 Å². The van der Waals surface area contributed by atoms with E-state index in [-0.39, 0.29) is 0 Å². The standard InChI is InChI=1S/C10H20OS/c1-8(2)9-4-6-10(7-5-9)11-12-3/h8-10H,4-7H2,1-3H3. The Labute approximate surface area is 80.5 Å². The highest BCUT2D eigenvalue weighted by atomic mass is 32.2. The lowest BCUT2D eigenvalue weighted by Crippen LogP contribution is -2.22. The maximum atomic E-state index is 5.53. The highest BCUT2D eigenvalue weighted by Gasteiger charge is 2.23. The molecule has 0 aromatic heterocycles. The molecule has 0 spiro atoms. The first-order chi connectivity index (χ1) is 5.74. The van der Waals surface area contributed by atoms with Crippen molar-refractivity contribution in [2.45, 2.75) is 45.6 Å². The summed E-state index contributed by atoms with van der Waals surface area (Å²) in [5, 5.41) is 0. The Morgan fingerprint density at radius 3 is 2.17 bits per heavy atom. The van der Waals surface area contributed by atoms with Gasteiger partial charge in [0.2, 0.25) is 0 Å². The van der Waals surface area contributed by atoms with Crippen molar-refractivity contribution in [2.24, 2.45) is 11.8 Å². The molecule has 0 bridgehead atoms. The first kappa shape index (κ1) is 10.4. The van der Waals surface area contributed by atoms with Gasteiger partial charge in [-0.3, -0.25) is 0 Å². The van der Waals surface area contributed by atoms with Crippen LogP contribution >= 0.6 is 12.0 Å². The first-order valence-electron chi connectivity index (χ1n) is 4.93. The van der Waals surface area contributed by atoms with Gasteiger partial charge in [0.15, 0.2) is 0 Å². The Bertz CT molecular complexity index is 117. The van der Waals surface area contributed by atoms with Crippen LogP contribution in [-0.2, 0) is 4.18 Å². The molecule has 0 unspecified atom stereocenters. The fraction of sp³-hybridized carbons (Fsp3) is 1.00. The van der Waals surface area contributed by atoms with Crippen molar-refractivity contribution >= 4 is 12.0 Å². The Balaban J connectivity index is 2.20. The summed E-state index contributed by atoms with van der Waals surface area (Å²) in [4.78, 5) is 0. The van der Waals surface area contributed by atoms with E-state index in [1.807, 2.05) is 6.26 Å². The smallest absolute Gasteiger partial charge is 0.0722 e. The van der Waals surface area contributed by atoms with Gasteiger partial charge < -0.3 is 4.18 Å². The lowest BCUT2D eigenvalue weighted by atomic mass is 9.81. The van der Waals surface area contributed by atoms with Crippen LogP contribution in [0.5, 0.6) is 0 Å². The third-order valence-corrected chi connectivity index (χ3v) is 3.36. The van der Waals surface area contributed by atoms with E-state index in [0.717, 1.165) is 11.8 Å². The SMILES string of the molecule is CSOC1CCC(C(C)C)CC1. The van der Waals surface area contributed by atoms with Crippen molar-refractivity contribution in [3.63, 3.8) is 0 Å². The molecule has 0 aromatic rings. The van der Waals surface area contributed by atoms with Crippen molar-refractivity contribution in [3.05, 3.63) is 0 Å². The normalized spacial score (nSPS) is 31.0. The van der Waals surface area contributed by atoms with Gasteiger partial charge in [0, 0.05) is 6.26 Å². The topological polar surface area (TPSA) is 9.23 Å². The summed E-state index contributed by atoms with van der Waals surface area (Å²) >= 11 is 1.52. The third kappa shape index (κ3) is 2.98. The van der Waals surface area contributed by atoms with Gasteiger partial charge in [0.05, 0.1) is 6.10 Å². The van der Waals surface area contributed by atoms with Crippen LogP contribution in [-0.4, -0.2) is 12.4 Å². The second kappa shape index (κ2) is 5.13. The summed E-state index contributed by atoms with van der Waals surface area (Å²) in [6.07, 6.45) is 7.81. The molecule has 0 saturated heterocycles. The summed E-state index contributed by atoms with van der Waals surface area (Å²) in [6, 6.07) is 0. The van der Waals surface area contributed by atoms with Gasteiger partial charge in [-0.15, -0.1) is 0 Å². The summed E-state index contributed by atoms with van der Waals surface area (Å²) in [5.41, 5.74) is 0. The van der Waals surface area contributed by atoms with Crippen molar-refractivity contribution in [3.8, 4) is 0 Å². The average molecular weight is 188 g/mol. The number of rotatable bonds is 3. The van der Waals surface area contributed by atoms with Crippen molar-refractivity contribution < 1.29 is 4.18 Å². The van der Waals surface area contributed by atoms with Crippen LogP contribution in [0.15, 0.2) is 0 Å². The van der Waals surface area contributed by atoms with E-state index in [2.05, 4.69) is 13.8 Å². The molecule has 0 aromatic carbocycles. The minimum absolute atomic E-state index is 0.537. The summed E-state index contributed by atoms with van der Waals surface area (Å²) in [7, 11) is 0. The van der Waals surface area contributed by atoms with Crippen LogP contribution in [0.25, 0.3) is 0 Å². The fourth-order valence-electron chi connectivity index (χ4n) is 1.99. The maximum absolute atomic E-state index is 5.53. The predicted octanol–water partition coefficient (Wildman–Crippen LogP) is 3.50. The quantitative estimate of drug-likeness (QED) is 0.627. The van der Waals surface area contributed by atoms with Crippen LogP contribution in [0, 0.1) is 11.8 Å². The molecular weight excluding hydrogens is 168 g/mol. The highest BCUT2D eigenvalue weighted by Crippen LogP contribution is 2.32. The molecule has 1 nitrogen and oxygen atoms in total. The summed E-state index contributed by atoms with van der Waals surface area (Å²) < 4.78 is 5.53. The third-order valence-electron chi connectivity index (χ3n) is 2.89. The lowest BCUT2D eigenvalue weighted by molar-refractivity contribution is 0.138. The average Bonchev–Trinajstić information content (AvgIpc) is 2.06. The minimum atomic E-state index is 0.537. The Morgan fingerprint density at radius 1 is 1.17 bits per heavy atom. The van der Waals surface area contributed by atoms with Gasteiger partial charge in [0.1, 0.15) is 0 Å². The van der Waals surface area contributed by atoms with E-state index in [1.165, 1.54) is 37.7 Å². The van der Waals surface area contributed by atoms with E-state index < -0.39 is 0 Å². The molecule has 0 atom stereocenters. The highest BCUT2D eigenvalue weighted by molar-refractivity contribution is 7.93. The van der Waals surface area contributed by atoms with Crippen LogP contribution in [0.2, 0.25) is 0 Å². The van der Waals surface area contributed by atoms with Crippen LogP contribution < -0.4 is 0 Å². The molecular formula is C10H20OS. The van der Waals surface area contributed by atoms with E-state index in [9.17, 15) is 0 Å². The molecule has 1 fully saturated rings. The molecule has 72 valence electrons. The van der Waals surface area contributed by atoms with E-state index in [4.69, 9.17) is 4.18 Å². The second-order valence-corrected chi connectivity index (χ2v) is 4.57. The molecule has 1 saturated carbocycles. The van der Waals surface area contributed by atoms with Crippen molar-refractivity contribution in [1.82, 2.24) is 0 Å². The largest absolute Gasteiger partial charge is 0.312 e. The van der Waals surface area contributed by atoms with Crippen LogP contribution in [0.4, 0.5) is 0 Å². The minimum Gasteiger partial charge on any atom is -0.312 e. The molecule has 0 radical (unpaired) electrons. The molecule has 0 aliphatic heterocycles. The summed E-state index contributed by atoms with van der Waals surface area (Å²) in [5.74, 6) is 1.81. The van der Waals surface area contributed by atoms with E-state index in [1.54, 1.807) is 0 Å². The molecule has 0 heterocycles. The van der Waals surface area contributed by atoms with Gasteiger partial charge in [-0.25, -0.2) is 0 Å². The monoisotopic (exact) mass is 188 g/mol. The van der Waals surface area contributed by atoms with Gasteiger partial charge >= 0.3 is 0 Å². The molecule has 12 heavy (non-hydrogen) atoms. The van der Waals surface area contributed by atoms with Gasteiger partial charge in [-0.05, 0) is 49.6 Å². The Hall–Kier alpha value is 0.310. The Kier molecular flexibility index (Phi) is 4.44. The van der Waals surface area contributed by atoms with E-state index >= 15 is 0 Å². The lowest BCUT2D eigenvalue weighted by Gasteiger charge is -2.29. The van der Waals surface area contributed by atoms with Crippen LogP contribution in [0.3, 0.4) is 0 Å². The first-order valence-corrected chi connectivity index (χ1v) is 6.08. The second-order valence-electron chi connectivity index (χ2n) is 4.04. The molecule has 1 aliphatic carbocycles. The fourth-order valence-corrected chi connectivity index (χ4v) is 2.45. The summed E-state index contributed by atoms with van der Waals surface area (Å²) in [6.45, 7) is 4.67. The molecule has 1 rings (SSSR count). The van der Waals surface area contributed by atoms with Gasteiger partial charge in [-0.1, -0.05) is 13.8 Å². The predicted molar refractivity (Wildman–Crippen MR) is 55.2 cm³/mol. The molecule has 2 heteroatoms. The molecule has 0 N–H and O–H groups in total. The van der Waals surface area contributed by atoms with Crippen LogP contribution in [0.1, 0.15) is 39.5 Å². The zero-order valence-electron chi connectivity index (χ0n) is 8.38. The number of hydrogen-bond acceptors (Lipinski definition) is 2. The zero-order valence-corrected chi connectivity index (χ0v) is 9.19. The zero-order chi connectivity index (χ0) is 8.97. The van der Waals surface area contributed by atoms with Crippen molar-refractivity contribution in [1.29, 1.82) is 0 Å². The maximum Gasteiger partial charge on any atom is 0.0722 e. The molecule has 0 amide bonds. The van der Waals surface area contributed by atoms with E-state index in [0.29, 0.717) is 6.10 Å². The van der Waals surface area contributed by atoms with Gasteiger partial charge in [0.25, 0.3) is 0 Å². The molecule has 1 aliphatic rings.